The Balaban J connectivity index is 3.40. The lowest BCUT2D eigenvalue weighted by Gasteiger charge is -2.22. The van der Waals surface area contributed by atoms with Gasteiger partial charge in [-0.2, -0.15) is 0 Å². The minimum Gasteiger partial charge on any atom is -0.466 e. The molecule has 0 aliphatic carbocycles. The van der Waals surface area contributed by atoms with Crippen molar-refractivity contribution in [2.45, 2.75) is 328 Å². The van der Waals surface area contributed by atoms with Gasteiger partial charge in [-0.25, -0.2) is 0 Å². The summed E-state index contributed by atoms with van der Waals surface area (Å²) in [7, 11) is 0. The van der Waals surface area contributed by atoms with Crippen molar-refractivity contribution in [3.05, 3.63) is 0 Å². The minimum atomic E-state index is -0.666. The second kappa shape index (κ2) is 51.5. The maximum atomic E-state index is 12.5. The Labute approximate surface area is 381 Å². The Morgan fingerprint density at radius 1 is 0.393 bits per heavy atom. The molecule has 0 fully saturated rings. The molecule has 0 bridgehead atoms. The standard InChI is InChI=1S/C55H109NO5/c1-3-5-7-9-11-13-15-17-21-24-27-31-35-39-43-47-53(58)52(51-57)56-54(59)48-44-40-36-32-28-25-22-19-18-20-23-26-30-34-38-42-46-50-61-55(60)49-45-41-37-33-29-16-14-12-10-8-6-4-2/h52-53,57-58H,3-51H2,1-2H3,(H,56,59). The van der Waals surface area contributed by atoms with Gasteiger partial charge in [-0.05, 0) is 25.7 Å². The van der Waals surface area contributed by atoms with Gasteiger partial charge < -0.3 is 20.3 Å². The highest BCUT2D eigenvalue weighted by Crippen LogP contribution is 2.18. The SMILES string of the molecule is CCCCCCCCCCCCCCCCCC(O)C(CO)NC(=O)CCCCCCCCCCCCCCCCCCCOC(=O)CCCCCCCCCCCCCC. The number of carbonyl (C=O) groups is 2. The molecule has 0 heterocycles. The fourth-order valence-corrected chi connectivity index (χ4v) is 8.88. The van der Waals surface area contributed by atoms with Crippen LogP contribution in [-0.2, 0) is 14.3 Å². The minimum absolute atomic E-state index is 0.00682. The number of unbranched alkanes of at least 4 members (excludes halogenated alkanes) is 41. The number of aliphatic hydroxyl groups excluding tert-OH is 2. The van der Waals surface area contributed by atoms with Crippen molar-refractivity contribution in [3.63, 3.8) is 0 Å². The van der Waals surface area contributed by atoms with E-state index in [0.29, 0.717) is 25.9 Å². The molecule has 0 radical (unpaired) electrons. The van der Waals surface area contributed by atoms with Crippen molar-refractivity contribution >= 4 is 11.9 Å². The molecule has 6 heteroatoms. The summed E-state index contributed by atoms with van der Waals surface area (Å²) in [6, 6.07) is -0.543. The van der Waals surface area contributed by atoms with Gasteiger partial charge in [0.25, 0.3) is 0 Å². The molecule has 0 aromatic heterocycles. The van der Waals surface area contributed by atoms with Crippen molar-refractivity contribution in [2.24, 2.45) is 0 Å². The third kappa shape index (κ3) is 48.2. The molecule has 2 unspecified atom stereocenters. The van der Waals surface area contributed by atoms with Crippen LogP contribution in [-0.4, -0.2) is 47.4 Å². The van der Waals surface area contributed by atoms with E-state index in [0.717, 1.165) is 38.5 Å². The second-order valence-corrected chi connectivity index (χ2v) is 19.3. The van der Waals surface area contributed by atoms with Gasteiger partial charge in [-0.1, -0.05) is 277 Å². The first-order valence-electron chi connectivity index (χ1n) is 27.8. The largest absolute Gasteiger partial charge is 0.466 e. The topological polar surface area (TPSA) is 95.9 Å². The molecule has 0 aliphatic heterocycles. The van der Waals surface area contributed by atoms with Crippen LogP contribution >= 0.6 is 0 Å². The van der Waals surface area contributed by atoms with E-state index in [4.69, 9.17) is 4.74 Å². The number of ether oxygens (including phenoxy) is 1. The normalized spacial score (nSPS) is 12.5. The maximum absolute atomic E-state index is 12.5. The van der Waals surface area contributed by atoms with Crippen LogP contribution < -0.4 is 5.32 Å². The van der Waals surface area contributed by atoms with Gasteiger partial charge in [0.05, 0.1) is 25.4 Å². The number of carbonyl (C=O) groups excluding carboxylic acids is 2. The summed E-state index contributed by atoms with van der Waals surface area (Å²) >= 11 is 0. The number of nitrogens with one attached hydrogen (secondary N) is 1. The molecule has 6 nitrogen and oxygen atoms in total. The third-order valence-corrected chi connectivity index (χ3v) is 13.2. The first kappa shape index (κ1) is 59.9. The molecule has 2 atom stereocenters. The monoisotopic (exact) mass is 864 g/mol. The van der Waals surface area contributed by atoms with Crippen molar-refractivity contribution in [1.82, 2.24) is 5.32 Å². The Morgan fingerprint density at radius 2 is 0.672 bits per heavy atom. The summed E-state index contributed by atoms with van der Waals surface area (Å²) < 4.78 is 5.46. The van der Waals surface area contributed by atoms with Crippen LogP contribution in [0.15, 0.2) is 0 Å². The van der Waals surface area contributed by atoms with E-state index in [1.807, 2.05) is 0 Å². The molecule has 0 aromatic rings. The van der Waals surface area contributed by atoms with E-state index in [1.165, 1.54) is 244 Å². The lowest BCUT2D eigenvalue weighted by molar-refractivity contribution is -0.143. The van der Waals surface area contributed by atoms with Crippen LogP contribution in [0.25, 0.3) is 0 Å². The van der Waals surface area contributed by atoms with Crippen molar-refractivity contribution in [3.8, 4) is 0 Å². The molecule has 0 aromatic carbocycles. The molecule has 1 amide bonds. The van der Waals surface area contributed by atoms with Crippen LogP contribution in [0.2, 0.25) is 0 Å². The predicted molar refractivity (Wildman–Crippen MR) is 264 cm³/mol. The zero-order valence-electron chi connectivity index (χ0n) is 41.4. The Bertz CT molecular complexity index is 867. The first-order chi connectivity index (χ1) is 30.0. The quantitative estimate of drug-likeness (QED) is 0.0418. The van der Waals surface area contributed by atoms with Gasteiger partial charge in [0.15, 0.2) is 0 Å². The summed E-state index contributed by atoms with van der Waals surface area (Å²) in [6.45, 7) is 4.96. The average molecular weight is 864 g/mol. The van der Waals surface area contributed by atoms with Crippen LogP contribution in [0.5, 0.6) is 0 Å². The van der Waals surface area contributed by atoms with E-state index in [1.54, 1.807) is 0 Å². The zero-order valence-corrected chi connectivity index (χ0v) is 41.4. The summed E-state index contributed by atoms with van der Waals surface area (Å²) in [4.78, 5) is 24.5. The number of esters is 1. The first-order valence-corrected chi connectivity index (χ1v) is 27.8. The van der Waals surface area contributed by atoms with Gasteiger partial charge in [-0.3, -0.25) is 9.59 Å². The summed E-state index contributed by atoms with van der Waals surface area (Å²) in [5, 5.41) is 23.3. The fraction of sp³-hybridized carbons (Fsp3) is 0.964. The van der Waals surface area contributed by atoms with Crippen molar-refractivity contribution < 1.29 is 24.5 Å². The third-order valence-electron chi connectivity index (χ3n) is 13.2. The predicted octanol–water partition coefficient (Wildman–Crippen LogP) is 16.7. The lowest BCUT2D eigenvalue weighted by Crippen LogP contribution is -2.45. The lowest BCUT2D eigenvalue weighted by atomic mass is 10.0. The molecule has 61 heavy (non-hydrogen) atoms. The van der Waals surface area contributed by atoms with Crippen LogP contribution in [0, 0.1) is 0 Å². The van der Waals surface area contributed by atoms with Crippen molar-refractivity contribution in [1.29, 1.82) is 0 Å². The van der Waals surface area contributed by atoms with Crippen molar-refractivity contribution in [2.75, 3.05) is 13.2 Å². The molecular formula is C55H109NO5. The highest BCUT2D eigenvalue weighted by molar-refractivity contribution is 5.76. The zero-order chi connectivity index (χ0) is 44.4. The maximum Gasteiger partial charge on any atom is 0.305 e. The molecule has 0 rings (SSSR count). The number of hydrogen-bond donors (Lipinski definition) is 3. The van der Waals surface area contributed by atoms with E-state index in [2.05, 4.69) is 19.2 Å². The highest BCUT2D eigenvalue weighted by Gasteiger charge is 2.20. The second-order valence-electron chi connectivity index (χ2n) is 19.3. The number of amides is 1. The van der Waals surface area contributed by atoms with Crippen LogP contribution in [0.3, 0.4) is 0 Å². The molecule has 364 valence electrons. The van der Waals surface area contributed by atoms with E-state index >= 15 is 0 Å². The van der Waals surface area contributed by atoms with Gasteiger partial charge in [-0.15, -0.1) is 0 Å². The van der Waals surface area contributed by atoms with Gasteiger partial charge in [0, 0.05) is 12.8 Å². The number of aliphatic hydroxyl groups is 2. The van der Waals surface area contributed by atoms with Gasteiger partial charge >= 0.3 is 5.97 Å². The van der Waals surface area contributed by atoms with E-state index in [-0.39, 0.29) is 18.5 Å². The van der Waals surface area contributed by atoms with Gasteiger partial charge in [0.2, 0.25) is 5.91 Å². The van der Waals surface area contributed by atoms with Gasteiger partial charge in [0.1, 0.15) is 0 Å². The summed E-state index contributed by atoms with van der Waals surface area (Å²) in [5.41, 5.74) is 0. The van der Waals surface area contributed by atoms with E-state index in [9.17, 15) is 19.8 Å². The van der Waals surface area contributed by atoms with Crippen LogP contribution in [0.1, 0.15) is 316 Å². The molecular weight excluding hydrogens is 755 g/mol. The highest BCUT2D eigenvalue weighted by atomic mass is 16.5. The van der Waals surface area contributed by atoms with Crippen LogP contribution in [0.4, 0.5) is 0 Å². The Morgan fingerprint density at radius 3 is 1.00 bits per heavy atom. The van der Waals surface area contributed by atoms with E-state index < -0.39 is 12.1 Å². The Hall–Kier alpha value is -1.14. The number of hydrogen-bond acceptors (Lipinski definition) is 5. The summed E-state index contributed by atoms with van der Waals surface area (Å²) in [6.07, 6.45) is 57.9. The average Bonchev–Trinajstić information content (AvgIpc) is 3.26. The Kier molecular flexibility index (Phi) is 50.5. The smallest absolute Gasteiger partial charge is 0.305 e. The molecule has 3 N–H and O–H groups in total. The summed E-state index contributed by atoms with van der Waals surface area (Å²) in [5.74, 6) is -0.0310. The fourth-order valence-electron chi connectivity index (χ4n) is 8.88. The molecule has 0 saturated heterocycles. The number of rotatable bonds is 52. The molecule has 0 aliphatic rings. The molecule has 0 saturated carbocycles. The molecule has 0 spiro atoms.